The van der Waals surface area contributed by atoms with Crippen LogP contribution in [0.15, 0.2) is 23.1 Å². The van der Waals surface area contributed by atoms with Gasteiger partial charge in [0.1, 0.15) is 6.54 Å². The number of benzene rings is 1. The second-order valence-electron chi connectivity index (χ2n) is 8.27. The lowest BCUT2D eigenvalue weighted by atomic mass is 10.1. The number of carbonyl (C=O) groups is 2. The molecule has 1 aromatic carbocycles. The first-order chi connectivity index (χ1) is 12.9. The molecule has 1 N–H and O–H groups in total. The minimum Gasteiger partial charge on any atom is -0.465 e. The van der Waals surface area contributed by atoms with Crippen LogP contribution in [0.3, 0.4) is 0 Å². The van der Waals surface area contributed by atoms with Crippen molar-refractivity contribution in [1.82, 2.24) is 9.62 Å². The normalized spacial score (nSPS) is 14.6. The molecule has 1 aromatic rings. The van der Waals surface area contributed by atoms with Crippen LogP contribution in [0.2, 0.25) is 0 Å². The first-order valence-electron chi connectivity index (χ1n) is 9.52. The molecule has 0 aromatic heterocycles. The number of ether oxygens (including phenoxy) is 1. The first kappa shape index (κ1) is 22.4. The van der Waals surface area contributed by atoms with Gasteiger partial charge >= 0.3 is 5.97 Å². The van der Waals surface area contributed by atoms with Crippen LogP contribution in [0.25, 0.3) is 0 Å². The summed E-state index contributed by atoms with van der Waals surface area (Å²) in [4.78, 5) is 26.6. The maximum Gasteiger partial charge on any atom is 0.325 e. The number of hydrogen-bond acceptors (Lipinski definition) is 5. The third-order valence-electron chi connectivity index (χ3n) is 4.28. The monoisotopic (exact) mass is 410 g/mol. The van der Waals surface area contributed by atoms with E-state index >= 15 is 0 Å². The summed E-state index contributed by atoms with van der Waals surface area (Å²) in [5, 5.41) is 0. The Morgan fingerprint density at radius 2 is 1.89 bits per heavy atom. The van der Waals surface area contributed by atoms with Crippen molar-refractivity contribution in [2.24, 2.45) is 5.92 Å². The molecule has 8 heteroatoms. The highest BCUT2D eigenvalue weighted by Crippen LogP contribution is 2.30. The Hall–Kier alpha value is -1.93. The Balaban J connectivity index is 2.32. The summed E-state index contributed by atoms with van der Waals surface area (Å²) in [5.41, 5.74) is 0.293. The Labute approximate surface area is 167 Å². The Morgan fingerprint density at radius 1 is 1.25 bits per heavy atom. The summed E-state index contributed by atoms with van der Waals surface area (Å²) in [6.45, 7) is 9.29. The predicted octanol–water partition coefficient (Wildman–Crippen LogP) is 2.49. The standard InChI is InChI=1S/C20H30N2O5S/c1-6-27-18(23)13-22(12-15-8-9-15)19(24)17-11-16(10-7-14(17)2)28(25,26)21-20(3,4)5/h7,10-11,15,21H,6,8-9,12-13H2,1-5H3. The quantitative estimate of drug-likeness (QED) is 0.665. The van der Waals surface area contributed by atoms with Crippen LogP contribution < -0.4 is 4.72 Å². The van der Waals surface area contributed by atoms with Crippen molar-refractivity contribution in [3.8, 4) is 0 Å². The fourth-order valence-corrected chi connectivity index (χ4v) is 4.27. The molecule has 1 saturated carbocycles. The van der Waals surface area contributed by atoms with Gasteiger partial charge in [-0.1, -0.05) is 6.07 Å². The van der Waals surface area contributed by atoms with Crippen molar-refractivity contribution in [2.45, 2.75) is 57.9 Å². The van der Waals surface area contributed by atoms with E-state index in [0.717, 1.165) is 12.8 Å². The molecular formula is C20H30N2O5S. The van der Waals surface area contributed by atoms with E-state index in [1.807, 2.05) is 0 Å². The summed E-state index contributed by atoms with van der Waals surface area (Å²) in [6, 6.07) is 4.48. The number of hydrogen-bond donors (Lipinski definition) is 1. The lowest BCUT2D eigenvalue weighted by Gasteiger charge is -2.24. The second kappa shape index (κ2) is 8.61. The highest BCUT2D eigenvalue weighted by atomic mass is 32.2. The molecule has 2 rings (SSSR count). The lowest BCUT2D eigenvalue weighted by Crippen LogP contribution is -2.41. The molecular weight excluding hydrogens is 380 g/mol. The van der Waals surface area contributed by atoms with Crippen molar-refractivity contribution < 1.29 is 22.7 Å². The van der Waals surface area contributed by atoms with E-state index in [4.69, 9.17) is 4.74 Å². The number of sulfonamides is 1. The number of esters is 1. The molecule has 1 fully saturated rings. The highest BCUT2D eigenvalue weighted by Gasteiger charge is 2.30. The van der Waals surface area contributed by atoms with Gasteiger partial charge in [0.2, 0.25) is 10.0 Å². The van der Waals surface area contributed by atoms with Gasteiger partial charge in [0.05, 0.1) is 11.5 Å². The molecule has 1 aliphatic carbocycles. The molecule has 0 bridgehead atoms. The van der Waals surface area contributed by atoms with E-state index in [2.05, 4.69) is 4.72 Å². The van der Waals surface area contributed by atoms with Gasteiger partial charge in [-0.3, -0.25) is 9.59 Å². The van der Waals surface area contributed by atoms with E-state index in [1.165, 1.54) is 17.0 Å². The molecule has 1 amide bonds. The van der Waals surface area contributed by atoms with Gasteiger partial charge < -0.3 is 9.64 Å². The number of nitrogens with one attached hydrogen (secondary N) is 1. The fourth-order valence-electron chi connectivity index (χ4n) is 2.82. The van der Waals surface area contributed by atoms with E-state index in [-0.39, 0.29) is 29.5 Å². The first-order valence-corrected chi connectivity index (χ1v) is 11.0. The molecule has 0 heterocycles. The molecule has 0 radical (unpaired) electrons. The largest absolute Gasteiger partial charge is 0.465 e. The summed E-state index contributed by atoms with van der Waals surface area (Å²) >= 11 is 0. The SMILES string of the molecule is CCOC(=O)CN(CC1CC1)C(=O)c1cc(S(=O)(=O)NC(C)(C)C)ccc1C. The molecule has 1 aliphatic rings. The smallest absolute Gasteiger partial charge is 0.325 e. The van der Waals surface area contributed by atoms with Gasteiger partial charge in [-0.15, -0.1) is 0 Å². The van der Waals surface area contributed by atoms with Crippen LogP contribution >= 0.6 is 0 Å². The van der Waals surface area contributed by atoms with Crippen molar-refractivity contribution >= 4 is 21.9 Å². The van der Waals surface area contributed by atoms with Crippen LogP contribution in [-0.4, -0.2) is 50.4 Å². The van der Waals surface area contributed by atoms with E-state index in [9.17, 15) is 18.0 Å². The zero-order chi connectivity index (χ0) is 21.1. The fraction of sp³-hybridized carbons (Fsp3) is 0.600. The number of carbonyl (C=O) groups excluding carboxylic acids is 2. The van der Waals surface area contributed by atoms with Crippen molar-refractivity contribution in [3.63, 3.8) is 0 Å². The molecule has 28 heavy (non-hydrogen) atoms. The topological polar surface area (TPSA) is 92.8 Å². The Bertz CT molecular complexity index is 839. The molecule has 0 spiro atoms. The third-order valence-corrected chi connectivity index (χ3v) is 6.03. The molecule has 156 valence electrons. The van der Waals surface area contributed by atoms with Gasteiger partial charge in [-0.05, 0) is 71.1 Å². The van der Waals surface area contributed by atoms with Crippen LogP contribution in [0.4, 0.5) is 0 Å². The highest BCUT2D eigenvalue weighted by molar-refractivity contribution is 7.89. The number of rotatable bonds is 8. The summed E-state index contributed by atoms with van der Waals surface area (Å²) in [5.74, 6) is -0.439. The van der Waals surface area contributed by atoms with Crippen molar-refractivity contribution in [1.29, 1.82) is 0 Å². The van der Waals surface area contributed by atoms with E-state index in [1.54, 1.807) is 40.7 Å². The minimum atomic E-state index is -3.77. The van der Waals surface area contributed by atoms with Gasteiger partial charge in [-0.25, -0.2) is 13.1 Å². The molecule has 0 atom stereocenters. The maximum absolute atomic E-state index is 13.1. The molecule has 0 aliphatic heterocycles. The van der Waals surface area contributed by atoms with Crippen LogP contribution in [0, 0.1) is 12.8 Å². The minimum absolute atomic E-state index is 0.0267. The van der Waals surface area contributed by atoms with Crippen molar-refractivity contribution in [3.05, 3.63) is 29.3 Å². The van der Waals surface area contributed by atoms with Gasteiger partial charge in [0, 0.05) is 17.6 Å². The van der Waals surface area contributed by atoms with Crippen molar-refractivity contribution in [2.75, 3.05) is 19.7 Å². The summed E-state index contributed by atoms with van der Waals surface area (Å²) in [6.07, 6.45) is 2.05. The van der Waals surface area contributed by atoms with Gasteiger partial charge in [0.15, 0.2) is 0 Å². The maximum atomic E-state index is 13.1. The van der Waals surface area contributed by atoms with Gasteiger partial charge in [0.25, 0.3) is 5.91 Å². The van der Waals surface area contributed by atoms with Crippen LogP contribution in [0.1, 0.15) is 56.5 Å². The molecule has 0 unspecified atom stereocenters. The van der Waals surface area contributed by atoms with E-state index in [0.29, 0.717) is 18.0 Å². The molecule has 7 nitrogen and oxygen atoms in total. The Kier molecular flexibility index (Phi) is 6.88. The Morgan fingerprint density at radius 3 is 2.43 bits per heavy atom. The van der Waals surface area contributed by atoms with Crippen LogP contribution in [0.5, 0.6) is 0 Å². The third kappa shape index (κ3) is 6.31. The van der Waals surface area contributed by atoms with Crippen LogP contribution in [-0.2, 0) is 19.6 Å². The average molecular weight is 411 g/mol. The molecule has 0 saturated heterocycles. The zero-order valence-electron chi connectivity index (χ0n) is 17.2. The summed E-state index contributed by atoms with van der Waals surface area (Å²) < 4.78 is 32.9. The van der Waals surface area contributed by atoms with Gasteiger partial charge in [-0.2, -0.15) is 0 Å². The number of amides is 1. The number of aryl methyl sites for hydroxylation is 1. The average Bonchev–Trinajstić information content (AvgIpc) is 3.36. The lowest BCUT2D eigenvalue weighted by molar-refractivity contribution is -0.143. The zero-order valence-corrected chi connectivity index (χ0v) is 18.1. The second-order valence-corrected chi connectivity index (χ2v) is 9.95. The predicted molar refractivity (Wildman–Crippen MR) is 107 cm³/mol. The summed E-state index contributed by atoms with van der Waals surface area (Å²) in [7, 11) is -3.77. The van der Waals surface area contributed by atoms with E-state index < -0.39 is 21.5 Å². The number of nitrogens with zero attached hydrogens (tertiary/aromatic N) is 1.